The molecule has 0 fully saturated rings. The highest BCUT2D eigenvalue weighted by molar-refractivity contribution is 5.89. The van der Waals surface area contributed by atoms with Crippen LogP contribution in [0.15, 0.2) is 30.3 Å². The van der Waals surface area contributed by atoms with E-state index in [0.29, 0.717) is 0 Å². The summed E-state index contributed by atoms with van der Waals surface area (Å²) < 4.78 is 4.97. The Morgan fingerprint density at radius 3 is 2.45 bits per heavy atom. The van der Waals surface area contributed by atoms with E-state index >= 15 is 0 Å². The van der Waals surface area contributed by atoms with Crippen molar-refractivity contribution in [2.75, 3.05) is 6.61 Å². The molecule has 0 heterocycles. The van der Waals surface area contributed by atoms with Crippen molar-refractivity contribution >= 4 is 12.1 Å². The van der Waals surface area contributed by atoms with Crippen molar-refractivity contribution in [2.24, 2.45) is 5.73 Å². The standard InChI is InChI=1S/C14H21N3O3/c1-10(2)16-12(8-11-6-4-3-5-7-11)9-20-14(19)17-13(15)18/h3-7,10,12,16H,8-9H2,1-2H3,(H3,15,17,18,19). The van der Waals surface area contributed by atoms with E-state index in [4.69, 9.17) is 10.5 Å². The Bertz CT molecular complexity index is 435. The lowest BCUT2D eigenvalue weighted by Crippen LogP contribution is -2.42. The second-order valence-electron chi connectivity index (χ2n) is 4.80. The third kappa shape index (κ3) is 6.75. The zero-order valence-corrected chi connectivity index (χ0v) is 11.8. The van der Waals surface area contributed by atoms with Gasteiger partial charge >= 0.3 is 12.1 Å². The van der Waals surface area contributed by atoms with Crippen LogP contribution in [0.5, 0.6) is 0 Å². The molecule has 0 aliphatic carbocycles. The van der Waals surface area contributed by atoms with Crippen LogP contribution in [-0.2, 0) is 11.2 Å². The minimum atomic E-state index is -0.925. The average Bonchev–Trinajstić information content (AvgIpc) is 2.36. The van der Waals surface area contributed by atoms with Crippen LogP contribution in [0.3, 0.4) is 0 Å². The summed E-state index contributed by atoms with van der Waals surface area (Å²) in [7, 11) is 0. The molecule has 1 atom stereocenters. The lowest BCUT2D eigenvalue weighted by Gasteiger charge is -2.21. The van der Waals surface area contributed by atoms with Crippen molar-refractivity contribution in [1.82, 2.24) is 10.6 Å². The SMILES string of the molecule is CC(C)NC(COC(=O)NC(N)=O)Cc1ccccc1. The molecular formula is C14H21N3O3. The first kappa shape index (κ1) is 16.0. The van der Waals surface area contributed by atoms with Crippen molar-refractivity contribution < 1.29 is 14.3 Å². The predicted molar refractivity (Wildman–Crippen MR) is 76.3 cm³/mol. The Hall–Kier alpha value is -2.08. The average molecular weight is 279 g/mol. The number of hydrogen-bond donors (Lipinski definition) is 3. The molecular weight excluding hydrogens is 258 g/mol. The number of primary amides is 1. The summed E-state index contributed by atoms with van der Waals surface area (Å²) in [6, 6.07) is 9.20. The van der Waals surface area contributed by atoms with Gasteiger partial charge in [0, 0.05) is 12.1 Å². The molecule has 4 N–H and O–H groups in total. The third-order valence-electron chi connectivity index (χ3n) is 2.53. The zero-order chi connectivity index (χ0) is 15.0. The molecule has 1 aromatic rings. The molecule has 0 aliphatic heterocycles. The van der Waals surface area contributed by atoms with Crippen LogP contribution in [0.25, 0.3) is 0 Å². The Morgan fingerprint density at radius 2 is 1.90 bits per heavy atom. The fourth-order valence-corrected chi connectivity index (χ4v) is 1.85. The smallest absolute Gasteiger partial charge is 0.415 e. The van der Waals surface area contributed by atoms with Crippen molar-refractivity contribution in [3.8, 4) is 0 Å². The first-order valence-corrected chi connectivity index (χ1v) is 6.50. The van der Waals surface area contributed by atoms with Gasteiger partial charge < -0.3 is 15.8 Å². The summed E-state index contributed by atoms with van der Waals surface area (Å²) in [5.74, 6) is 0. The lowest BCUT2D eigenvalue weighted by atomic mass is 10.1. The molecule has 1 aromatic carbocycles. The van der Waals surface area contributed by atoms with Gasteiger partial charge in [0.25, 0.3) is 0 Å². The molecule has 110 valence electrons. The number of alkyl carbamates (subject to hydrolysis) is 1. The molecule has 1 unspecified atom stereocenters. The van der Waals surface area contributed by atoms with Crippen LogP contribution in [-0.4, -0.2) is 30.8 Å². The summed E-state index contributed by atoms with van der Waals surface area (Å²) in [5.41, 5.74) is 5.98. The number of carbonyl (C=O) groups excluding carboxylic acids is 2. The molecule has 1 rings (SSSR count). The van der Waals surface area contributed by atoms with E-state index in [0.717, 1.165) is 12.0 Å². The Kier molecular flexibility index (Phi) is 6.52. The molecule has 6 heteroatoms. The van der Waals surface area contributed by atoms with Gasteiger partial charge in [0.1, 0.15) is 6.61 Å². The third-order valence-corrected chi connectivity index (χ3v) is 2.53. The van der Waals surface area contributed by atoms with E-state index in [1.54, 1.807) is 0 Å². The van der Waals surface area contributed by atoms with Crippen molar-refractivity contribution in [3.05, 3.63) is 35.9 Å². The number of rotatable bonds is 6. The normalized spacial score (nSPS) is 11.9. The lowest BCUT2D eigenvalue weighted by molar-refractivity contribution is 0.133. The maximum absolute atomic E-state index is 11.2. The number of carbonyl (C=O) groups is 2. The molecule has 0 aromatic heterocycles. The number of nitrogens with one attached hydrogen (secondary N) is 2. The van der Waals surface area contributed by atoms with Crippen molar-refractivity contribution in [2.45, 2.75) is 32.4 Å². The summed E-state index contributed by atoms with van der Waals surface area (Å²) in [6.45, 7) is 4.19. The van der Waals surface area contributed by atoms with Gasteiger partial charge in [0.2, 0.25) is 0 Å². The monoisotopic (exact) mass is 279 g/mol. The van der Waals surface area contributed by atoms with Gasteiger partial charge in [-0.3, -0.25) is 0 Å². The summed E-state index contributed by atoms with van der Waals surface area (Å²) in [4.78, 5) is 21.8. The van der Waals surface area contributed by atoms with Crippen LogP contribution >= 0.6 is 0 Å². The van der Waals surface area contributed by atoms with E-state index in [1.165, 1.54) is 0 Å². The van der Waals surface area contributed by atoms with E-state index in [9.17, 15) is 9.59 Å². The summed E-state index contributed by atoms with van der Waals surface area (Å²) in [6.07, 6.45) is -0.107. The Balaban J connectivity index is 2.52. The molecule has 3 amide bonds. The minimum absolute atomic E-state index is 0.0315. The Morgan fingerprint density at radius 1 is 1.25 bits per heavy atom. The van der Waals surface area contributed by atoms with E-state index in [2.05, 4.69) is 5.32 Å². The van der Waals surface area contributed by atoms with E-state index < -0.39 is 12.1 Å². The number of amides is 3. The van der Waals surface area contributed by atoms with Crippen molar-refractivity contribution in [1.29, 1.82) is 0 Å². The van der Waals surface area contributed by atoms with Gasteiger partial charge in [-0.2, -0.15) is 0 Å². The van der Waals surface area contributed by atoms with Crippen LogP contribution in [0.2, 0.25) is 0 Å². The van der Waals surface area contributed by atoms with Crippen LogP contribution in [0.4, 0.5) is 9.59 Å². The van der Waals surface area contributed by atoms with Crippen molar-refractivity contribution in [3.63, 3.8) is 0 Å². The van der Waals surface area contributed by atoms with Gasteiger partial charge in [-0.05, 0) is 12.0 Å². The van der Waals surface area contributed by atoms with Gasteiger partial charge in [-0.1, -0.05) is 44.2 Å². The largest absolute Gasteiger partial charge is 0.448 e. The number of ether oxygens (including phenoxy) is 1. The van der Waals surface area contributed by atoms with Crippen LogP contribution < -0.4 is 16.4 Å². The number of urea groups is 1. The second-order valence-corrected chi connectivity index (χ2v) is 4.80. The maximum Gasteiger partial charge on any atom is 0.415 e. The highest BCUT2D eigenvalue weighted by Crippen LogP contribution is 2.04. The van der Waals surface area contributed by atoms with Gasteiger partial charge in [-0.15, -0.1) is 0 Å². The Labute approximate surface area is 118 Å². The van der Waals surface area contributed by atoms with Crippen LogP contribution in [0, 0.1) is 0 Å². The number of imide groups is 1. The number of benzene rings is 1. The first-order chi connectivity index (χ1) is 9.47. The molecule has 0 saturated carbocycles. The van der Waals surface area contributed by atoms with Gasteiger partial charge in [0.05, 0.1) is 0 Å². The molecule has 0 aliphatic rings. The van der Waals surface area contributed by atoms with Gasteiger partial charge in [0.15, 0.2) is 0 Å². The number of nitrogens with two attached hydrogens (primary N) is 1. The highest BCUT2D eigenvalue weighted by atomic mass is 16.5. The molecule has 0 radical (unpaired) electrons. The predicted octanol–water partition coefficient (Wildman–Crippen LogP) is 1.40. The number of hydrogen-bond acceptors (Lipinski definition) is 4. The second kappa shape index (κ2) is 8.16. The topological polar surface area (TPSA) is 93.4 Å². The van der Waals surface area contributed by atoms with Crippen LogP contribution in [0.1, 0.15) is 19.4 Å². The zero-order valence-electron chi connectivity index (χ0n) is 11.8. The van der Waals surface area contributed by atoms with Gasteiger partial charge in [-0.25, -0.2) is 14.9 Å². The highest BCUT2D eigenvalue weighted by Gasteiger charge is 2.14. The molecule has 6 nitrogen and oxygen atoms in total. The fraction of sp³-hybridized carbons (Fsp3) is 0.429. The maximum atomic E-state index is 11.2. The van der Waals surface area contributed by atoms with E-state index in [-0.39, 0.29) is 18.7 Å². The minimum Gasteiger partial charge on any atom is -0.448 e. The fourth-order valence-electron chi connectivity index (χ4n) is 1.85. The summed E-state index contributed by atoms with van der Waals surface area (Å²) >= 11 is 0. The summed E-state index contributed by atoms with van der Waals surface area (Å²) in [5, 5.41) is 5.18. The molecule has 0 spiro atoms. The van der Waals surface area contributed by atoms with E-state index in [1.807, 2.05) is 49.5 Å². The first-order valence-electron chi connectivity index (χ1n) is 6.50. The molecule has 20 heavy (non-hydrogen) atoms. The quantitative estimate of drug-likeness (QED) is 0.733. The molecule has 0 saturated heterocycles. The molecule has 0 bridgehead atoms.